The number of hydrogen-bond donors (Lipinski definition) is 1. The molecule has 4 heteroatoms. The average Bonchev–Trinajstić information content (AvgIpc) is 2.85. The van der Waals surface area contributed by atoms with Crippen molar-refractivity contribution in [3.63, 3.8) is 0 Å². The Morgan fingerprint density at radius 3 is 2.55 bits per heavy atom. The average molecular weight is 279 g/mol. The lowest BCUT2D eigenvalue weighted by Gasteiger charge is -2.42. The van der Waals surface area contributed by atoms with Gasteiger partial charge in [0.1, 0.15) is 12.2 Å². The third-order valence-corrected chi connectivity index (χ3v) is 5.42. The van der Waals surface area contributed by atoms with Crippen molar-refractivity contribution >= 4 is 0 Å². The highest BCUT2D eigenvalue weighted by atomic mass is 16.3. The van der Waals surface area contributed by atoms with Gasteiger partial charge in [0.25, 0.3) is 0 Å². The van der Waals surface area contributed by atoms with Crippen molar-refractivity contribution in [2.24, 2.45) is 11.3 Å². The predicted octanol–water partition coefficient (Wildman–Crippen LogP) is 3.20. The van der Waals surface area contributed by atoms with Crippen molar-refractivity contribution in [3.05, 3.63) is 12.2 Å². The zero-order valence-electron chi connectivity index (χ0n) is 13.4. The minimum atomic E-state index is -0.583. The molecule has 0 spiro atoms. The van der Waals surface area contributed by atoms with Crippen LogP contribution in [0.4, 0.5) is 0 Å². The standard InChI is InChI=1S/C16H29N3O/c1-5-15(3,4)13-7-9-16(20,10-8-13)11-14-17-12-18-19(14)6-2/h12-13,20H,5-11H2,1-4H3. The molecule has 0 aliphatic heterocycles. The van der Waals surface area contributed by atoms with Gasteiger partial charge in [0.05, 0.1) is 5.60 Å². The second-order valence-electron chi connectivity index (χ2n) is 7.01. The van der Waals surface area contributed by atoms with E-state index in [2.05, 4.69) is 37.8 Å². The monoisotopic (exact) mass is 279 g/mol. The van der Waals surface area contributed by atoms with Crippen LogP contribution < -0.4 is 0 Å². The molecule has 4 nitrogen and oxygen atoms in total. The molecule has 1 N–H and O–H groups in total. The summed E-state index contributed by atoms with van der Waals surface area (Å²) >= 11 is 0. The maximum absolute atomic E-state index is 10.8. The number of aliphatic hydroxyl groups is 1. The fraction of sp³-hybridized carbons (Fsp3) is 0.875. The lowest BCUT2D eigenvalue weighted by atomic mass is 9.66. The Morgan fingerprint density at radius 2 is 2.00 bits per heavy atom. The van der Waals surface area contributed by atoms with Crippen molar-refractivity contribution in [1.29, 1.82) is 0 Å². The minimum Gasteiger partial charge on any atom is -0.389 e. The quantitative estimate of drug-likeness (QED) is 0.900. The maximum atomic E-state index is 10.8. The van der Waals surface area contributed by atoms with Crippen molar-refractivity contribution < 1.29 is 5.11 Å². The first-order chi connectivity index (χ1) is 9.40. The van der Waals surface area contributed by atoms with Crippen molar-refractivity contribution in [3.8, 4) is 0 Å². The van der Waals surface area contributed by atoms with E-state index in [4.69, 9.17) is 0 Å². The van der Waals surface area contributed by atoms with Gasteiger partial charge in [-0.05, 0) is 43.9 Å². The molecule has 0 aromatic carbocycles. The lowest BCUT2D eigenvalue weighted by molar-refractivity contribution is -0.0295. The van der Waals surface area contributed by atoms with E-state index in [1.54, 1.807) is 6.33 Å². The molecule has 0 atom stereocenters. The molecule has 0 bridgehead atoms. The van der Waals surface area contributed by atoms with Crippen LogP contribution in [0.5, 0.6) is 0 Å². The van der Waals surface area contributed by atoms with Crippen LogP contribution in [-0.2, 0) is 13.0 Å². The Bertz CT molecular complexity index is 431. The Labute approximate surface area is 122 Å². The van der Waals surface area contributed by atoms with E-state index in [-0.39, 0.29) is 0 Å². The summed E-state index contributed by atoms with van der Waals surface area (Å²) in [6.07, 6.45) is 7.46. The van der Waals surface area contributed by atoms with Gasteiger partial charge < -0.3 is 5.11 Å². The van der Waals surface area contributed by atoms with Crippen LogP contribution >= 0.6 is 0 Å². The SMILES string of the molecule is CCn1ncnc1CC1(O)CCC(C(C)(C)CC)CC1. The highest BCUT2D eigenvalue weighted by Gasteiger charge is 2.39. The number of rotatable bonds is 5. The minimum absolute atomic E-state index is 0.394. The van der Waals surface area contributed by atoms with Gasteiger partial charge in [-0.25, -0.2) is 4.98 Å². The second-order valence-corrected chi connectivity index (χ2v) is 7.01. The van der Waals surface area contributed by atoms with Gasteiger partial charge >= 0.3 is 0 Å². The van der Waals surface area contributed by atoms with Gasteiger partial charge in [0.15, 0.2) is 0 Å². The molecule has 20 heavy (non-hydrogen) atoms. The molecule has 1 fully saturated rings. The van der Waals surface area contributed by atoms with Crippen LogP contribution in [0.1, 0.15) is 65.6 Å². The molecule has 0 radical (unpaired) electrons. The van der Waals surface area contributed by atoms with Crippen LogP contribution in [0.25, 0.3) is 0 Å². The summed E-state index contributed by atoms with van der Waals surface area (Å²) in [7, 11) is 0. The van der Waals surface area contributed by atoms with Crippen molar-refractivity contribution in [1.82, 2.24) is 14.8 Å². The topological polar surface area (TPSA) is 50.9 Å². The Morgan fingerprint density at radius 1 is 1.35 bits per heavy atom. The first-order valence-electron chi connectivity index (χ1n) is 7.99. The highest BCUT2D eigenvalue weighted by Crippen LogP contribution is 2.44. The first-order valence-corrected chi connectivity index (χ1v) is 7.99. The fourth-order valence-corrected chi connectivity index (χ4v) is 3.39. The summed E-state index contributed by atoms with van der Waals surface area (Å²) < 4.78 is 1.89. The molecule has 0 saturated heterocycles. The van der Waals surface area contributed by atoms with Crippen LogP contribution in [0, 0.1) is 11.3 Å². The molecular weight excluding hydrogens is 250 g/mol. The molecular formula is C16H29N3O. The van der Waals surface area contributed by atoms with Crippen molar-refractivity contribution in [2.75, 3.05) is 0 Å². The predicted molar refractivity (Wildman–Crippen MR) is 80.4 cm³/mol. The summed E-state index contributed by atoms with van der Waals surface area (Å²) in [6.45, 7) is 9.86. The zero-order chi connectivity index (χ0) is 14.8. The number of nitrogens with zero attached hydrogens (tertiary/aromatic N) is 3. The van der Waals surface area contributed by atoms with Crippen molar-refractivity contribution in [2.45, 2.75) is 78.4 Å². The molecule has 1 aromatic rings. The first kappa shape index (κ1) is 15.5. The number of aryl methyl sites for hydroxylation is 1. The summed E-state index contributed by atoms with van der Waals surface area (Å²) in [4.78, 5) is 4.30. The van der Waals surface area contributed by atoms with E-state index in [1.807, 2.05) is 4.68 Å². The summed E-state index contributed by atoms with van der Waals surface area (Å²) in [5, 5.41) is 15.0. The Hall–Kier alpha value is -0.900. The van der Waals surface area contributed by atoms with E-state index in [9.17, 15) is 5.11 Å². The third kappa shape index (κ3) is 3.22. The van der Waals surface area contributed by atoms with E-state index < -0.39 is 5.60 Å². The van der Waals surface area contributed by atoms with E-state index in [0.29, 0.717) is 11.8 Å². The lowest BCUT2D eigenvalue weighted by Crippen LogP contribution is -2.40. The van der Waals surface area contributed by atoms with Crippen LogP contribution in [0.15, 0.2) is 6.33 Å². The van der Waals surface area contributed by atoms with E-state index >= 15 is 0 Å². The number of hydrogen-bond acceptors (Lipinski definition) is 3. The maximum Gasteiger partial charge on any atom is 0.138 e. The molecule has 1 aliphatic carbocycles. The second kappa shape index (κ2) is 5.84. The summed E-state index contributed by atoms with van der Waals surface area (Å²) in [5.74, 6) is 1.65. The molecule has 0 unspecified atom stereocenters. The Balaban J connectivity index is 1.98. The molecule has 114 valence electrons. The van der Waals surface area contributed by atoms with Gasteiger partial charge in [0, 0.05) is 13.0 Å². The summed E-state index contributed by atoms with van der Waals surface area (Å²) in [5.41, 5.74) is -0.189. The van der Waals surface area contributed by atoms with Gasteiger partial charge in [-0.1, -0.05) is 27.2 Å². The van der Waals surface area contributed by atoms with Gasteiger partial charge in [-0.15, -0.1) is 0 Å². The number of aromatic nitrogens is 3. The van der Waals surface area contributed by atoms with E-state index in [1.165, 1.54) is 6.42 Å². The normalized spacial score (nSPS) is 27.8. The molecule has 1 saturated carbocycles. The zero-order valence-corrected chi connectivity index (χ0v) is 13.4. The summed E-state index contributed by atoms with van der Waals surface area (Å²) in [6, 6.07) is 0. The van der Waals surface area contributed by atoms with Gasteiger partial charge in [-0.2, -0.15) is 5.10 Å². The van der Waals surface area contributed by atoms with Crippen LogP contribution in [-0.4, -0.2) is 25.5 Å². The largest absolute Gasteiger partial charge is 0.389 e. The molecule has 1 heterocycles. The molecule has 1 aliphatic rings. The molecule has 1 aromatic heterocycles. The molecule has 2 rings (SSSR count). The fourth-order valence-electron chi connectivity index (χ4n) is 3.39. The van der Waals surface area contributed by atoms with Gasteiger partial charge in [0.2, 0.25) is 0 Å². The third-order valence-electron chi connectivity index (χ3n) is 5.42. The molecule has 0 amide bonds. The van der Waals surface area contributed by atoms with Crippen LogP contribution in [0.2, 0.25) is 0 Å². The smallest absolute Gasteiger partial charge is 0.138 e. The highest BCUT2D eigenvalue weighted by molar-refractivity contribution is 4.98. The van der Waals surface area contributed by atoms with Gasteiger partial charge in [-0.3, -0.25) is 4.68 Å². The van der Waals surface area contributed by atoms with E-state index in [0.717, 1.165) is 44.0 Å². The Kier molecular flexibility index (Phi) is 4.52. The van der Waals surface area contributed by atoms with Crippen LogP contribution in [0.3, 0.4) is 0 Å².